The second-order valence-electron chi connectivity index (χ2n) is 7.18. The van der Waals surface area contributed by atoms with E-state index < -0.39 is 5.91 Å². The molecule has 31 heavy (non-hydrogen) atoms. The molecular formula is C22H21FN4O3S. The largest absolute Gasteiger partial charge is 0.497 e. The molecule has 7 nitrogen and oxygen atoms in total. The number of ether oxygens (including phenoxy) is 1. The number of halogens is 1. The van der Waals surface area contributed by atoms with Gasteiger partial charge in [0, 0.05) is 12.2 Å². The Balaban J connectivity index is 1.43. The molecule has 4 rings (SSSR count). The summed E-state index contributed by atoms with van der Waals surface area (Å²) in [6, 6.07) is 12.8. The Hall–Kier alpha value is -3.33. The van der Waals surface area contributed by atoms with Crippen LogP contribution in [0.5, 0.6) is 5.75 Å². The van der Waals surface area contributed by atoms with Crippen molar-refractivity contribution in [2.75, 3.05) is 19.0 Å². The molecule has 1 aromatic heterocycles. The van der Waals surface area contributed by atoms with Gasteiger partial charge in [0.15, 0.2) is 0 Å². The summed E-state index contributed by atoms with van der Waals surface area (Å²) < 4.78 is 18.3. The Morgan fingerprint density at radius 2 is 2.03 bits per heavy atom. The molecule has 9 heteroatoms. The van der Waals surface area contributed by atoms with Gasteiger partial charge in [-0.2, -0.15) is 0 Å². The predicted octanol–water partition coefficient (Wildman–Crippen LogP) is 3.84. The van der Waals surface area contributed by atoms with Gasteiger partial charge in [0.25, 0.3) is 5.91 Å². The Kier molecular flexibility index (Phi) is 6.22. The van der Waals surface area contributed by atoms with E-state index >= 15 is 0 Å². The zero-order valence-corrected chi connectivity index (χ0v) is 17.7. The molecule has 1 aliphatic rings. The number of carbonyl (C=O) groups is 2. The van der Waals surface area contributed by atoms with Crippen LogP contribution in [0.15, 0.2) is 48.5 Å². The highest BCUT2D eigenvalue weighted by atomic mass is 32.1. The highest BCUT2D eigenvalue weighted by Gasteiger charge is 2.33. The molecule has 1 fully saturated rings. The van der Waals surface area contributed by atoms with Gasteiger partial charge in [-0.1, -0.05) is 23.5 Å². The first kappa shape index (κ1) is 20.9. The van der Waals surface area contributed by atoms with Crippen molar-refractivity contribution in [1.82, 2.24) is 15.1 Å². The summed E-state index contributed by atoms with van der Waals surface area (Å²) in [5.74, 6) is -0.0776. The molecule has 2 aromatic carbocycles. The maximum atomic E-state index is 13.0. The molecule has 160 valence electrons. The summed E-state index contributed by atoms with van der Waals surface area (Å²) in [7, 11) is 1.59. The third kappa shape index (κ3) is 4.88. The molecule has 1 aliphatic heterocycles. The van der Waals surface area contributed by atoms with Crippen molar-refractivity contribution in [2.24, 2.45) is 0 Å². The van der Waals surface area contributed by atoms with Crippen LogP contribution in [0.25, 0.3) is 0 Å². The van der Waals surface area contributed by atoms with Gasteiger partial charge >= 0.3 is 0 Å². The quantitative estimate of drug-likeness (QED) is 0.630. The highest BCUT2D eigenvalue weighted by Crippen LogP contribution is 2.34. The molecule has 3 aromatic rings. The first-order valence-electron chi connectivity index (χ1n) is 9.86. The van der Waals surface area contributed by atoms with E-state index in [0.29, 0.717) is 23.0 Å². The summed E-state index contributed by atoms with van der Waals surface area (Å²) in [5, 5.41) is 11.7. The smallest absolute Gasteiger partial charge is 0.286 e. The van der Waals surface area contributed by atoms with Crippen molar-refractivity contribution >= 4 is 28.8 Å². The van der Waals surface area contributed by atoms with Gasteiger partial charge in [-0.25, -0.2) is 4.39 Å². The molecule has 0 aliphatic carbocycles. The van der Waals surface area contributed by atoms with Crippen LogP contribution in [0.3, 0.4) is 0 Å². The summed E-state index contributed by atoms with van der Waals surface area (Å²) in [6.07, 6.45) is 1.91. The van der Waals surface area contributed by atoms with Crippen molar-refractivity contribution in [3.63, 3.8) is 0 Å². The molecule has 2 heterocycles. The summed E-state index contributed by atoms with van der Waals surface area (Å²) in [5.41, 5.74) is 1.35. The number of nitrogens with one attached hydrogen (secondary N) is 1. The number of methoxy groups -OCH3 is 1. The number of benzene rings is 2. The van der Waals surface area contributed by atoms with E-state index in [0.717, 1.165) is 18.4 Å². The van der Waals surface area contributed by atoms with E-state index in [2.05, 4.69) is 15.5 Å². The van der Waals surface area contributed by atoms with E-state index in [1.54, 1.807) is 7.11 Å². The minimum absolute atomic E-state index is 0.00302. The fourth-order valence-corrected chi connectivity index (χ4v) is 4.45. The fraction of sp³-hybridized carbons (Fsp3) is 0.273. The Labute approximate surface area is 182 Å². The van der Waals surface area contributed by atoms with Crippen LogP contribution in [0, 0.1) is 5.82 Å². The van der Waals surface area contributed by atoms with E-state index in [1.165, 1.54) is 35.6 Å². The lowest BCUT2D eigenvalue weighted by Crippen LogP contribution is -2.31. The Morgan fingerprint density at radius 1 is 1.23 bits per heavy atom. The van der Waals surface area contributed by atoms with Crippen molar-refractivity contribution in [1.29, 1.82) is 0 Å². The molecule has 0 spiro atoms. The Bertz CT molecular complexity index is 1090. The number of nitrogens with zero attached hydrogens (tertiary/aromatic N) is 3. The third-order valence-corrected chi connectivity index (χ3v) is 6.11. The van der Waals surface area contributed by atoms with Gasteiger partial charge in [0.05, 0.1) is 19.6 Å². The lowest BCUT2D eigenvalue weighted by Gasteiger charge is -2.22. The lowest BCUT2D eigenvalue weighted by molar-refractivity contribution is -0.131. The molecule has 0 bridgehead atoms. The number of rotatable bonds is 6. The van der Waals surface area contributed by atoms with Crippen LogP contribution in [-0.2, 0) is 11.2 Å². The zero-order valence-electron chi connectivity index (χ0n) is 16.9. The molecule has 1 saturated heterocycles. The number of amides is 2. The number of anilines is 1. The standard InChI is InChI=1S/C22H21FN4O3S/c1-30-17-5-2-4-14(12-17)13-19(28)27-11-3-6-18(27)21-25-26-22(31-21)20(29)24-16-9-7-15(23)8-10-16/h2,4-5,7-10,12,18H,3,6,11,13H2,1H3,(H,24,29). The Morgan fingerprint density at radius 3 is 2.81 bits per heavy atom. The average molecular weight is 441 g/mol. The van der Waals surface area contributed by atoms with Gasteiger partial charge in [-0.15, -0.1) is 10.2 Å². The first-order chi connectivity index (χ1) is 15.0. The first-order valence-corrected chi connectivity index (χ1v) is 10.7. The second kappa shape index (κ2) is 9.22. The minimum Gasteiger partial charge on any atom is -0.497 e. The average Bonchev–Trinajstić information content (AvgIpc) is 3.45. The maximum absolute atomic E-state index is 13.0. The third-order valence-electron chi connectivity index (χ3n) is 5.08. The number of hydrogen-bond acceptors (Lipinski definition) is 6. The fourth-order valence-electron chi connectivity index (χ4n) is 3.56. The van der Waals surface area contributed by atoms with Gasteiger partial charge in [-0.3, -0.25) is 9.59 Å². The highest BCUT2D eigenvalue weighted by molar-refractivity contribution is 7.13. The van der Waals surface area contributed by atoms with E-state index in [1.807, 2.05) is 29.2 Å². The monoisotopic (exact) mass is 440 g/mol. The molecular weight excluding hydrogens is 419 g/mol. The van der Waals surface area contributed by atoms with Crippen LogP contribution in [0.4, 0.5) is 10.1 Å². The maximum Gasteiger partial charge on any atom is 0.286 e. The zero-order chi connectivity index (χ0) is 21.8. The predicted molar refractivity (Wildman–Crippen MR) is 115 cm³/mol. The minimum atomic E-state index is -0.414. The van der Waals surface area contributed by atoms with Gasteiger partial charge < -0.3 is 15.0 Å². The number of likely N-dealkylation sites (tertiary alicyclic amines) is 1. The number of aromatic nitrogens is 2. The van der Waals surface area contributed by atoms with Gasteiger partial charge in [0.2, 0.25) is 10.9 Å². The molecule has 0 saturated carbocycles. The normalized spacial score (nSPS) is 15.7. The van der Waals surface area contributed by atoms with Crippen molar-refractivity contribution < 1.29 is 18.7 Å². The summed E-state index contributed by atoms with van der Waals surface area (Å²) in [6.45, 7) is 0.643. The van der Waals surface area contributed by atoms with E-state index in [9.17, 15) is 14.0 Å². The van der Waals surface area contributed by atoms with Crippen LogP contribution in [0.1, 0.15) is 39.3 Å². The summed E-state index contributed by atoms with van der Waals surface area (Å²) in [4.78, 5) is 27.2. The van der Waals surface area contributed by atoms with Crippen molar-refractivity contribution in [3.8, 4) is 5.75 Å². The van der Waals surface area contributed by atoms with Gasteiger partial charge in [-0.05, 0) is 54.8 Å². The van der Waals surface area contributed by atoms with E-state index in [-0.39, 0.29) is 29.2 Å². The van der Waals surface area contributed by atoms with Crippen LogP contribution in [0.2, 0.25) is 0 Å². The van der Waals surface area contributed by atoms with Crippen LogP contribution >= 0.6 is 11.3 Å². The second-order valence-corrected chi connectivity index (χ2v) is 8.19. The molecule has 1 atom stereocenters. The lowest BCUT2D eigenvalue weighted by atomic mass is 10.1. The van der Waals surface area contributed by atoms with Crippen LogP contribution in [-0.4, -0.2) is 40.6 Å². The van der Waals surface area contributed by atoms with Crippen LogP contribution < -0.4 is 10.1 Å². The molecule has 0 radical (unpaired) electrons. The SMILES string of the molecule is COc1cccc(CC(=O)N2CCCC2c2nnc(C(=O)Nc3ccc(F)cc3)s2)c1. The summed E-state index contributed by atoms with van der Waals surface area (Å²) >= 11 is 1.17. The molecule has 2 amide bonds. The van der Waals surface area contributed by atoms with E-state index in [4.69, 9.17) is 4.74 Å². The van der Waals surface area contributed by atoms with Crippen molar-refractivity contribution in [3.05, 3.63) is 69.9 Å². The molecule has 1 unspecified atom stereocenters. The van der Waals surface area contributed by atoms with Gasteiger partial charge in [0.1, 0.15) is 16.6 Å². The van der Waals surface area contributed by atoms with Crippen molar-refractivity contribution in [2.45, 2.75) is 25.3 Å². The molecule has 1 N–H and O–H groups in total. The number of hydrogen-bond donors (Lipinski definition) is 1. The topological polar surface area (TPSA) is 84.4 Å². The number of carbonyl (C=O) groups excluding carboxylic acids is 2.